The van der Waals surface area contributed by atoms with Crippen molar-refractivity contribution in [3.63, 3.8) is 0 Å². The maximum absolute atomic E-state index is 12.8. The number of piperidine rings is 1. The fraction of sp³-hybridized carbons (Fsp3) is 0.632. The van der Waals surface area contributed by atoms with Gasteiger partial charge in [0.25, 0.3) is 0 Å². The smallest absolute Gasteiger partial charge is 0.409 e. The summed E-state index contributed by atoms with van der Waals surface area (Å²) in [6.07, 6.45) is 1.86. The molecule has 0 radical (unpaired) electrons. The zero-order valence-electron chi connectivity index (χ0n) is 16.2. The van der Waals surface area contributed by atoms with E-state index in [4.69, 9.17) is 9.47 Å². The molecule has 1 unspecified atom stereocenters. The Bertz CT molecular complexity index is 742. The SMILES string of the molecule is COC(=O)N1CCC2(CC1)CC(N[S@@](=O)C(C)(C)C)c1cc(Br)ccc1O2. The van der Waals surface area contributed by atoms with Crippen molar-refractivity contribution in [2.24, 2.45) is 0 Å². The topological polar surface area (TPSA) is 67.9 Å². The summed E-state index contributed by atoms with van der Waals surface area (Å²) in [6.45, 7) is 7.06. The Kier molecular flexibility index (Phi) is 5.89. The Labute approximate surface area is 171 Å². The van der Waals surface area contributed by atoms with Crippen molar-refractivity contribution in [3.8, 4) is 5.75 Å². The molecule has 1 aromatic rings. The van der Waals surface area contributed by atoms with Gasteiger partial charge >= 0.3 is 6.09 Å². The Morgan fingerprint density at radius 3 is 2.63 bits per heavy atom. The van der Waals surface area contributed by atoms with Crippen molar-refractivity contribution < 1.29 is 18.5 Å². The van der Waals surface area contributed by atoms with Gasteiger partial charge in [0.2, 0.25) is 0 Å². The highest BCUT2D eigenvalue weighted by molar-refractivity contribution is 9.10. The van der Waals surface area contributed by atoms with Crippen LogP contribution >= 0.6 is 15.9 Å². The Morgan fingerprint density at radius 1 is 1.37 bits per heavy atom. The van der Waals surface area contributed by atoms with Crippen LogP contribution in [0, 0.1) is 0 Å². The van der Waals surface area contributed by atoms with Gasteiger partial charge in [0.1, 0.15) is 11.4 Å². The van der Waals surface area contributed by atoms with E-state index in [-0.39, 0.29) is 22.5 Å². The summed E-state index contributed by atoms with van der Waals surface area (Å²) in [5, 5.41) is 0. The van der Waals surface area contributed by atoms with Crippen LogP contribution in [0.3, 0.4) is 0 Å². The van der Waals surface area contributed by atoms with E-state index in [1.165, 1.54) is 7.11 Å². The lowest BCUT2D eigenvalue weighted by Crippen LogP contribution is -2.53. The van der Waals surface area contributed by atoms with E-state index in [2.05, 4.69) is 20.7 Å². The van der Waals surface area contributed by atoms with Gasteiger partial charge in [0, 0.05) is 42.4 Å². The second-order valence-corrected chi connectivity index (χ2v) is 11.1. The molecule has 1 N–H and O–H groups in total. The van der Waals surface area contributed by atoms with Crippen LogP contribution in [0.5, 0.6) is 5.75 Å². The number of rotatable bonds is 2. The van der Waals surface area contributed by atoms with E-state index >= 15 is 0 Å². The fourth-order valence-electron chi connectivity index (χ4n) is 3.58. The largest absolute Gasteiger partial charge is 0.487 e. The number of carbonyl (C=O) groups is 1. The molecule has 6 nitrogen and oxygen atoms in total. The third kappa shape index (κ3) is 4.49. The van der Waals surface area contributed by atoms with Gasteiger partial charge in [-0.1, -0.05) is 15.9 Å². The lowest BCUT2D eigenvalue weighted by atomic mass is 9.81. The molecule has 150 valence electrons. The number of methoxy groups -OCH3 is 1. The molecule has 8 heteroatoms. The molecule has 1 spiro atoms. The number of nitrogens with zero attached hydrogens (tertiary/aromatic N) is 1. The molecule has 27 heavy (non-hydrogen) atoms. The molecule has 1 saturated heterocycles. The molecule has 2 atom stereocenters. The number of ether oxygens (including phenoxy) is 2. The van der Waals surface area contributed by atoms with Crippen molar-refractivity contribution in [1.29, 1.82) is 0 Å². The van der Waals surface area contributed by atoms with Crippen LogP contribution in [0.25, 0.3) is 0 Å². The molecule has 0 aromatic heterocycles. The van der Waals surface area contributed by atoms with Crippen LogP contribution in [-0.2, 0) is 15.7 Å². The van der Waals surface area contributed by atoms with Gasteiger partial charge in [-0.3, -0.25) is 0 Å². The first kappa shape index (κ1) is 20.6. The van der Waals surface area contributed by atoms with Gasteiger partial charge in [0.05, 0.1) is 28.9 Å². The van der Waals surface area contributed by atoms with E-state index in [0.717, 1.165) is 28.6 Å². The van der Waals surface area contributed by atoms with E-state index < -0.39 is 11.0 Å². The number of fused-ring (bicyclic) bond motifs is 1. The molecule has 0 bridgehead atoms. The summed E-state index contributed by atoms with van der Waals surface area (Å²) in [5.74, 6) is 0.819. The van der Waals surface area contributed by atoms with Crippen LogP contribution in [0.15, 0.2) is 22.7 Å². The van der Waals surface area contributed by atoms with Gasteiger partial charge in [-0.25, -0.2) is 13.7 Å². The number of hydrogen-bond donors (Lipinski definition) is 1. The third-order valence-electron chi connectivity index (χ3n) is 5.16. The molecule has 2 aliphatic heterocycles. The van der Waals surface area contributed by atoms with Crippen LogP contribution in [0.1, 0.15) is 51.6 Å². The zero-order valence-corrected chi connectivity index (χ0v) is 18.6. The summed E-state index contributed by atoms with van der Waals surface area (Å²) in [7, 11) is 0.211. The number of amides is 1. The van der Waals surface area contributed by atoms with E-state index in [9.17, 15) is 9.00 Å². The minimum absolute atomic E-state index is 0.0732. The summed E-state index contributed by atoms with van der Waals surface area (Å²) >= 11 is 3.53. The van der Waals surface area contributed by atoms with Crippen molar-refractivity contribution in [2.75, 3.05) is 20.2 Å². The molecular weight excluding hydrogens is 432 g/mol. The molecular formula is C19H27BrN2O4S. The molecule has 0 aliphatic carbocycles. The molecule has 2 heterocycles. The second kappa shape index (κ2) is 7.72. The summed E-state index contributed by atoms with van der Waals surface area (Å²) in [4.78, 5) is 13.5. The zero-order chi connectivity index (χ0) is 19.8. The van der Waals surface area contributed by atoms with Gasteiger partial charge in [0.15, 0.2) is 0 Å². The van der Waals surface area contributed by atoms with E-state index in [1.807, 2.05) is 39.0 Å². The minimum Gasteiger partial charge on any atom is -0.487 e. The highest BCUT2D eigenvalue weighted by Crippen LogP contribution is 2.45. The summed E-state index contributed by atoms with van der Waals surface area (Å²) < 4.78 is 28.0. The lowest BCUT2D eigenvalue weighted by molar-refractivity contribution is -0.0206. The van der Waals surface area contributed by atoms with Gasteiger partial charge < -0.3 is 14.4 Å². The lowest BCUT2D eigenvalue weighted by Gasteiger charge is -2.46. The second-order valence-electron chi connectivity index (χ2n) is 8.18. The molecule has 1 fully saturated rings. The number of benzene rings is 1. The first-order valence-electron chi connectivity index (χ1n) is 9.13. The van der Waals surface area contributed by atoms with Crippen LogP contribution in [0.2, 0.25) is 0 Å². The van der Waals surface area contributed by atoms with E-state index in [1.54, 1.807) is 4.90 Å². The highest BCUT2D eigenvalue weighted by Gasteiger charge is 2.45. The third-order valence-corrected chi connectivity index (χ3v) is 7.27. The van der Waals surface area contributed by atoms with Crippen LogP contribution < -0.4 is 9.46 Å². The first-order valence-corrected chi connectivity index (χ1v) is 11.1. The Balaban J connectivity index is 1.85. The molecule has 0 saturated carbocycles. The molecule has 1 aromatic carbocycles. The minimum atomic E-state index is -1.19. The van der Waals surface area contributed by atoms with Gasteiger partial charge in [-0.2, -0.15) is 0 Å². The first-order chi connectivity index (χ1) is 12.6. The van der Waals surface area contributed by atoms with Gasteiger partial charge in [-0.05, 0) is 39.0 Å². The van der Waals surface area contributed by atoms with Crippen molar-refractivity contribution in [1.82, 2.24) is 9.62 Å². The van der Waals surface area contributed by atoms with Crippen molar-refractivity contribution in [3.05, 3.63) is 28.2 Å². The highest BCUT2D eigenvalue weighted by atomic mass is 79.9. The molecule has 1 amide bonds. The van der Waals surface area contributed by atoms with Crippen molar-refractivity contribution >= 4 is 33.0 Å². The number of halogens is 1. The quantitative estimate of drug-likeness (QED) is 0.728. The summed E-state index contributed by atoms with van der Waals surface area (Å²) in [6, 6.07) is 5.88. The Morgan fingerprint density at radius 2 is 2.04 bits per heavy atom. The molecule has 3 rings (SSSR count). The molecule has 2 aliphatic rings. The number of hydrogen-bond acceptors (Lipinski definition) is 4. The Hall–Kier alpha value is -1.12. The van der Waals surface area contributed by atoms with Crippen LogP contribution in [0.4, 0.5) is 4.79 Å². The maximum Gasteiger partial charge on any atom is 0.409 e. The predicted molar refractivity (Wildman–Crippen MR) is 109 cm³/mol. The number of likely N-dealkylation sites (tertiary alicyclic amines) is 1. The average Bonchev–Trinajstić information content (AvgIpc) is 2.61. The normalized spacial score (nSPS) is 22.7. The fourth-order valence-corrected chi connectivity index (χ4v) is 4.79. The van der Waals surface area contributed by atoms with Gasteiger partial charge in [-0.15, -0.1) is 0 Å². The van der Waals surface area contributed by atoms with Crippen molar-refractivity contribution in [2.45, 2.75) is 56.4 Å². The van der Waals surface area contributed by atoms with Crippen LogP contribution in [-0.4, -0.2) is 45.7 Å². The number of nitrogens with one attached hydrogen (secondary N) is 1. The van der Waals surface area contributed by atoms with E-state index in [0.29, 0.717) is 19.5 Å². The number of carbonyl (C=O) groups excluding carboxylic acids is 1. The predicted octanol–water partition coefficient (Wildman–Crippen LogP) is 3.93. The standard InChI is InChI=1S/C19H27BrN2O4S/c1-18(2,3)27(24)21-15-12-19(7-9-22(10-8-19)17(23)25-4)26-16-6-5-13(20)11-14(15)16/h5-6,11,15,21H,7-10,12H2,1-4H3/t15?,27-/m0/s1. The summed E-state index contributed by atoms with van der Waals surface area (Å²) in [5.41, 5.74) is 0.647. The monoisotopic (exact) mass is 458 g/mol. The maximum atomic E-state index is 12.8. The average molecular weight is 459 g/mol.